The van der Waals surface area contributed by atoms with Gasteiger partial charge in [0.05, 0.1) is 11.4 Å². The normalized spacial score (nSPS) is 10.4. The second-order valence-corrected chi connectivity index (χ2v) is 5.52. The molecule has 0 aliphatic rings. The van der Waals surface area contributed by atoms with Gasteiger partial charge in [-0.3, -0.25) is 0 Å². The number of aryl methyl sites for hydroxylation is 3. The van der Waals surface area contributed by atoms with Crippen molar-refractivity contribution in [2.45, 2.75) is 20.8 Å². The third-order valence-corrected chi connectivity index (χ3v) is 3.62. The van der Waals surface area contributed by atoms with Gasteiger partial charge in [0.15, 0.2) is 0 Å². The van der Waals surface area contributed by atoms with Crippen LogP contribution in [-0.4, -0.2) is 0 Å². The Balaban J connectivity index is 2.37. The number of rotatable bonds is 2. The topological polar surface area (TPSA) is 38.0 Å². The van der Waals surface area contributed by atoms with Crippen molar-refractivity contribution < 1.29 is 0 Å². The van der Waals surface area contributed by atoms with Crippen LogP contribution in [0.15, 0.2) is 34.8 Å². The number of nitrogens with two attached hydrogens (primary N) is 1. The molecule has 0 aliphatic heterocycles. The van der Waals surface area contributed by atoms with Crippen molar-refractivity contribution in [2.75, 3.05) is 11.1 Å². The minimum absolute atomic E-state index is 0.738. The van der Waals surface area contributed by atoms with E-state index in [2.05, 4.69) is 54.2 Å². The van der Waals surface area contributed by atoms with E-state index in [4.69, 9.17) is 5.73 Å². The quantitative estimate of drug-likeness (QED) is 0.789. The van der Waals surface area contributed by atoms with Crippen LogP contribution in [0.25, 0.3) is 0 Å². The fourth-order valence-electron chi connectivity index (χ4n) is 1.89. The molecule has 2 aromatic carbocycles. The highest BCUT2D eigenvalue weighted by atomic mass is 79.9. The molecule has 3 heteroatoms. The average molecular weight is 305 g/mol. The van der Waals surface area contributed by atoms with E-state index in [1.54, 1.807) is 0 Å². The summed E-state index contributed by atoms with van der Waals surface area (Å²) in [7, 11) is 0. The molecule has 0 amide bonds. The molecule has 0 heterocycles. The zero-order chi connectivity index (χ0) is 13.3. The lowest BCUT2D eigenvalue weighted by atomic mass is 10.0. The molecule has 0 saturated carbocycles. The van der Waals surface area contributed by atoms with E-state index in [-0.39, 0.29) is 0 Å². The van der Waals surface area contributed by atoms with Crippen LogP contribution >= 0.6 is 15.9 Å². The van der Waals surface area contributed by atoms with Gasteiger partial charge in [-0.2, -0.15) is 0 Å². The van der Waals surface area contributed by atoms with Gasteiger partial charge in [0.2, 0.25) is 0 Å². The van der Waals surface area contributed by atoms with Crippen molar-refractivity contribution >= 4 is 33.0 Å². The van der Waals surface area contributed by atoms with Gasteiger partial charge in [0.1, 0.15) is 0 Å². The Morgan fingerprint density at radius 3 is 2.22 bits per heavy atom. The summed E-state index contributed by atoms with van der Waals surface area (Å²) >= 11 is 3.41. The maximum absolute atomic E-state index is 5.99. The van der Waals surface area contributed by atoms with Crippen LogP contribution in [-0.2, 0) is 0 Å². The summed E-state index contributed by atoms with van der Waals surface area (Å²) in [5.41, 5.74) is 12.6. The SMILES string of the molecule is Cc1cc(C)c(Nc2ccc(Br)cc2N)cc1C. The molecule has 0 aromatic heterocycles. The van der Waals surface area contributed by atoms with Crippen molar-refractivity contribution in [3.05, 3.63) is 51.5 Å². The standard InChI is InChI=1S/C15H17BrN2/c1-9-6-11(3)15(7-10(9)2)18-14-5-4-12(16)8-13(14)17/h4-8,18H,17H2,1-3H3. The molecule has 0 radical (unpaired) electrons. The molecule has 2 aromatic rings. The molecule has 94 valence electrons. The molecule has 0 spiro atoms. The van der Waals surface area contributed by atoms with Crippen LogP contribution in [0.5, 0.6) is 0 Å². The minimum Gasteiger partial charge on any atom is -0.397 e. The number of halogens is 1. The highest BCUT2D eigenvalue weighted by Crippen LogP contribution is 2.29. The van der Waals surface area contributed by atoms with E-state index in [0.717, 1.165) is 21.5 Å². The summed E-state index contributed by atoms with van der Waals surface area (Å²) in [5.74, 6) is 0. The number of hydrogen-bond acceptors (Lipinski definition) is 2. The van der Waals surface area contributed by atoms with Crippen LogP contribution in [0.2, 0.25) is 0 Å². The van der Waals surface area contributed by atoms with E-state index >= 15 is 0 Å². The first-order chi connectivity index (χ1) is 8.47. The lowest BCUT2D eigenvalue weighted by molar-refractivity contribution is 1.29. The van der Waals surface area contributed by atoms with Crippen molar-refractivity contribution in [2.24, 2.45) is 0 Å². The van der Waals surface area contributed by atoms with E-state index in [0.29, 0.717) is 0 Å². The predicted molar refractivity (Wildman–Crippen MR) is 82.5 cm³/mol. The van der Waals surface area contributed by atoms with Crippen LogP contribution in [0.1, 0.15) is 16.7 Å². The zero-order valence-corrected chi connectivity index (χ0v) is 12.4. The van der Waals surface area contributed by atoms with Crippen molar-refractivity contribution in [3.8, 4) is 0 Å². The average Bonchev–Trinajstić information content (AvgIpc) is 2.29. The van der Waals surface area contributed by atoms with E-state index < -0.39 is 0 Å². The fourth-order valence-corrected chi connectivity index (χ4v) is 2.27. The molecule has 3 N–H and O–H groups in total. The maximum atomic E-state index is 5.99. The van der Waals surface area contributed by atoms with E-state index in [1.807, 2.05) is 18.2 Å². The summed E-state index contributed by atoms with van der Waals surface area (Å²) in [6.45, 7) is 6.34. The Hall–Kier alpha value is -1.48. The second kappa shape index (κ2) is 5.02. The van der Waals surface area contributed by atoms with Gasteiger partial charge in [-0.25, -0.2) is 0 Å². The van der Waals surface area contributed by atoms with Gasteiger partial charge in [-0.15, -0.1) is 0 Å². The molecule has 0 saturated heterocycles. The maximum Gasteiger partial charge on any atom is 0.0618 e. The van der Waals surface area contributed by atoms with E-state index in [9.17, 15) is 0 Å². The van der Waals surface area contributed by atoms with Gasteiger partial charge in [0.25, 0.3) is 0 Å². The van der Waals surface area contributed by atoms with Crippen LogP contribution in [0.4, 0.5) is 17.1 Å². The number of hydrogen-bond donors (Lipinski definition) is 2. The van der Waals surface area contributed by atoms with Gasteiger partial charge in [0, 0.05) is 10.2 Å². The molecule has 0 unspecified atom stereocenters. The monoisotopic (exact) mass is 304 g/mol. The first kappa shape index (κ1) is 13.0. The number of anilines is 3. The summed E-state index contributed by atoms with van der Waals surface area (Å²) in [6, 6.07) is 10.2. The Morgan fingerprint density at radius 1 is 0.889 bits per heavy atom. The molecule has 0 bridgehead atoms. The van der Waals surface area contributed by atoms with Crippen molar-refractivity contribution in [3.63, 3.8) is 0 Å². The number of benzene rings is 2. The third kappa shape index (κ3) is 2.67. The van der Waals surface area contributed by atoms with E-state index in [1.165, 1.54) is 16.7 Å². The smallest absolute Gasteiger partial charge is 0.0618 e. The summed E-state index contributed by atoms with van der Waals surface area (Å²) in [5, 5.41) is 3.39. The van der Waals surface area contributed by atoms with Crippen LogP contribution in [0, 0.1) is 20.8 Å². The molecular weight excluding hydrogens is 288 g/mol. The molecule has 18 heavy (non-hydrogen) atoms. The van der Waals surface area contributed by atoms with Crippen molar-refractivity contribution in [1.82, 2.24) is 0 Å². The number of nitrogen functional groups attached to an aromatic ring is 1. The Labute approximate surface area is 116 Å². The third-order valence-electron chi connectivity index (χ3n) is 3.12. The Bertz CT molecular complexity index is 591. The van der Waals surface area contributed by atoms with Gasteiger partial charge in [-0.1, -0.05) is 22.0 Å². The fraction of sp³-hybridized carbons (Fsp3) is 0.200. The predicted octanol–water partition coefficient (Wildman–Crippen LogP) is 4.70. The van der Waals surface area contributed by atoms with Crippen LogP contribution in [0.3, 0.4) is 0 Å². The first-order valence-corrected chi connectivity index (χ1v) is 6.66. The largest absolute Gasteiger partial charge is 0.397 e. The second-order valence-electron chi connectivity index (χ2n) is 4.61. The molecule has 0 fully saturated rings. The van der Waals surface area contributed by atoms with Gasteiger partial charge < -0.3 is 11.1 Å². The summed E-state index contributed by atoms with van der Waals surface area (Å²) in [4.78, 5) is 0. The molecule has 0 aliphatic carbocycles. The van der Waals surface area contributed by atoms with Gasteiger partial charge in [-0.05, 0) is 61.7 Å². The lowest BCUT2D eigenvalue weighted by Crippen LogP contribution is -1.99. The van der Waals surface area contributed by atoms with Crippen LogP contribution < -0.4 is 11.1 Å². The lowest BCUT2D eigenvalue weighted by Gasteiger charge is -2.14. The summed E-state index contributed by atoms with van der Waals surface area (Å²) < 4.78 is 0.988. The zero-order valence-electron chi connectivity index (χ0n) is 10.8. The Morgan fingerprint density at radius 2 is 1.56 bits per heavy atom. The van der Waals surface area contributed by atoms with Gasteiger partial charge >= 0.3 is 0 Å². The number of nitrogens with one attached hydrogen (secondary N) is 1. The van der Waals surface area contributed by atoms with Crippen molar-refractivity contribution in [1.29, 1.82) is 0 Å². The Kier molecular flexibility index (Phi) is 3.62. The molecule has 2 nitrogen and oxygen atoms in total. The highest BCUT2D eigenvalue weighted by molar-refractivity contribution is 9.10. The highest BCUT2D eigenvalue weighted by Gasteiger charge is 2.05. The minimum atomic E-state index is 0.738. The molecule has 2 rings (SSSR count). The first-order valence-electron chi connectivity index (χ1n) is 5.87. The molecular formula is C15H17BrN2. The summed E-state index contributed by atoms with van der Waals surface area (Å²) in [6.07, 6.45) is 0. The molecule has 0 atom stereocenters.